The van der Waals surface area contributed by atoms with Crippen LogP contribution in [0.4, 0.5) is 0 Å². The van der Waals surface area contributed by atoms with Gasteiger partial charge in [0.05, 0.1) is 9.90 Å². The number of carbonyl (C=O) groups is 1. The van der Waals surface area contributed by atoms with Gasteiger partial charge in [0.25, 0.3) is 5.91 Å². The molecule has 186 valence electrons. The molecular formula is C26H37N3O3S2. The number of amides is 1. The van der Waals surface area contributed by atoms with Crippen LogP contribution < -0.4 is 0 Å². The Balaban J connectivity index is 1.37. The predicted octanol–water partition coefficient (Wildman–Crippen LogP) is 5.41. The van der Waals surface area contributed by atoms with Crippen LogP contribution in [0.15, 0.2) is 34.5 Å². The normalized spacial score (nSPS) is 19.3. The van der Waals surface area contributed by atoms with Gasteiger partial charge in [0.15, 0.2) is 0 Å². The number of sulfonamides is 1. The highest BCUT2D eigenvalue weighted by Gasteiger charge is 2.32. The molecule has 0 radical (unpaired) electrons. The molecule has 1 amide bonds. The monoisotopic (exact) mass is 503 g/mol. The maximum absolute atomic E-state index is 13.2. The van der Waals surface area contributed by atoms with E-state index < -0.39 is 10.0 Å². The second kappa shape index (κ2) is 10.1. The van der Waals surface area contributed by atoms with Crippen molar-refractivity contribution in [3.8, 4) is 0 Å². The van der Waals surface area contributed by atoms with E-state index in [-0.39, 0.29) is 17.2 Å². The minimum atomic E-state index is -3.51. The fourth-order valence-corrected chi connectivity index (χ4v) is 7.44. The molecule has 0 unspecified atom stereocenters. The van der Waals surface area contributed by atoms with Crippen molar-refractivity contribution in [1.29, 1.82) is 0 Å². The minimum Gasteiger partial charge on any atom is -0.337 e. The molecule has 0 N–H and O–H groups in total. The lowest BCUT2D eigenvalue weighted by molar-refractivity contribution is 0.0691. The fraction of sp³-hybridized carbons (Fsp3) is 0.615. The summed E-state index contributed by atoms with van der Waals surface area (Å²) >= 11 is 1.53. The highest BCUT2D eigenvalue weighted by molar-refractivity contribution is 7.89. The predicted molar refractivity (Wildman–Crippen MR) is 137 cm³/mol. The van der Waals surface area contributed by atoms with E-state index in [1.54, 1.807) is 16.4 Å². The van der Waals surface area contributed by atoms with Gasteiger partial charge in [-0.2, -0.15) is 4.31 Å². The standard InChI is InChI=1S/C26H37N3O3S2/c1-26(2,3)20-10-12-22(13-11-20)34(31,32)29-16-14-19(15-17-29)24-27-23(18-33-24)25(30)28(4)21-8-6-5-7-9-21/h10-13,18-19,21H,5-9,14-17H2,1-4H3. The molecule has 0 bridgehead atoms. The Kier molecular flexibility index (Phi) is 7.50. The molecule has 2 aromatic rings. The second-order valence-corrected chi connectivity index (χ2v) is 13.6. The number of piperidine rings is 1. The molecule has 4 rings (SSSR count). The molecule has 1 aliphatic carbocycles. The summed E-state index contributed by atoms with van der Waals surface area (Å²) in [5, 5.41) is 2.82. The summed E-state index contributed by atoms with van der Waals surface area (Å²) in [6.45, 7) is 7.30. The molecule has 1 saturated heterocycles. The van der Waals surface area contributed by atoms with Crippen molar-refractivity contribution in [2.75, 3.05) is 20.1 Å². The zero-order valence-corrected chi connectivity index (χ0v) is 22.4. The third-order valence-electron chi connectivity index (χ3n) is 7.35. The number of benzene rings is 1. The number of thiazole rings is 1. The van der Waals surface area contributed by atoms with E-state index in [2.05, 4.69) is 25.8 Å². The first-order valence-corrected chi connectivity index (χ1v) is 14.7. The van der Waals surface area contributed by atoms with Crippen molar-refractivity contribution in [1.82, 2.24) is 14.2 Å². The largest absolute Gasteiger partial charge is 0.337 e. The van der Waals surface area contributed by atoms with Gasteiger partial charge in [-0.25, -0.2) is 13.4 Å². The summed E-state index contributed by atoms with van der Waals surface area (Å²) in [4.78, 5) is 19.9. The second-order valence-electron chi connectivity index (χ2n) is 10.7. The highest BCUT2D eigenvalue weighted by atomic mass is 32.2. The number of aromatic nitrogens is 1. The maximum Gasteiger partial charge on any atom is 0.273 e. The van der Waals surface area contributed by atoms with Crippen LogP contribution in [-0.4, -0.2) is 54.7 Å². The summed E-state index contributed by atoms with van der Waals surface area (Å²) in [6, 6.07) is 7.60. The van der Waals surface area contributed by atoms with Gasteiger partial charge in [0.1, 0.15) is 5.69 Å². The van der Waals surface area contributed by atoms with Gasteiger partial charge in [-0.15, -0.1) is 11.3 Å². The van der Waals surface area contributed by atoms with Crippen LogP contribution in [0.2, 0.25) is 0 Å². The van der Waals surface area contributed by atoms with Crippen LogP contribution in [0.25, 0.3) is 0 Å². The molecule has 1 aromatic carbocycles. The van der Waals surface area contributed by atoms with E-state index in [4.69, 9.17) is 0 Å². The lowest BCUT2D eigenvalue weighted by Gasteiger charge is -2.31. The molecule has 1 saturated carbocycles. The van der Waals surface area contributed by atoms with E-state index in [1.165, 1.54) is 30.6 Å². The molecule has 2 heterocycles. The summed E-state index contributed by atoms with van der Waals surface area (Å²) < 4.78 is 27.9. The lowest BCUT2D eigenvalue weighted by Crippen LogP contribution is -2.38. The molecule has 2 aliphatic rings. The average molecular weight is 504 g/mol. The lowest BCUT2D eigenvalue weighted by atomic mass is 9.87. The Morgan fingerprint density at radius 1 is 1.03 bits per heavy atom. The SMILES string of the molecule is CN(C(=O)c1csc(C2CCN(S(=O)(=O)c3ccc(C(C)(C)C)cc3)CC2)n1)C1CCCCC1. The van der Waals surface area contributed by atoms with E-state index in [0.717, 1.165) is 36.3 Å². The van der Waals surface area contributed by atoms with Gasteiger partial charge >= 0.3 is 0 Å². The molecule has 34 heavy (non-hydrogen) atoms. The van der Waals surface area contributed by atoms with Gasteiger partial charge in [-0.1, -0.05) is 52.2 Å². The van der Waals surface area contributed by atoms with Gasteiger partial charge in [-0.3, -0.25) is 4.79 Å². The molecule has 6 nitrogen and oxygen atoms in total. The molecule has 1 aliphatic heterocycles. The zero-order chi connectivity index (χ0) is 24.5. The maximum atomic E-state index is 13.2. The van der Waals surface area contributed by atoms with Crippen molar-refractivity contribution in [3.63, 3.8) is 0 Å². The fourth-order valence-electron chi connectivity index (χ4n) is 5.01. The molecule has 1 aromatic heterocycles. The van der Waals surface area contributed by atoms with Crippen molar-refractivity contribution >= 4 is 27.3 Å². The average Bonchev–Trinajstić information content (AvgIpc) is 3.33. The van der Waals surface area contributed by atoms with Gasteiger partial charge in [0.2, 0.25) is 10.0 Å². The Morgan fingerprint density at radius 2 is 1.65 bits per heavy atom. The number of carbonyl (C=O) groups excluding carboxylic acids is 1. The van der Waals surface area contributed by atoms with E-state index in [9.17, 15) is 13.2 Å². The van der Waals surface area contributed by atoms with E-state index >= 15 is 0 Å². The number of hydrogen-bond donors (Lipinski definition) is 0. The Bertz CT molecular complexity index is 1090. The summed E-state index contributed by atoms with van der Waals surface area (Å²) in [5.74, 6) is 0.203. The first-order valence-electron chi connectivity index (χ1n) is 12.4. The van der Waals surface area contributed by atoms with Crippen LogP contribution in [0.3, 0.4) is 0 Å². The molecular weight excluding hydrogens is 466 g/mol. The van der Waals surface area contributed by atoms with Crippen molar-refractivity contribution in [3.05, 3.63) is 45.9 Å². The highest BCUT2D eigenvalue weighted by Crippen LogP contribution is 2.33. The quantitative estimate of drug-likeness (QED) is 0.547. The van der Waals surface area contributed by atoms with Crippen LogP contribution in [-0.2, 0) is 15.4 Å². The summed E-state index contributed by atoms with van der Waals surface area (Å²) in [5.41, 5.74) is 1.63. The van der Waals surface area contributed by atoms with E-state index in [0.29, 0.717) is 29.7 Å². The first-order chi connectivity index (χ1) is 16.1. The Hall–Kier alpha value is -1.77. The topological polar surface area (TPSA) is 70.6 Å². The van der Waals surface area contributed by atoms with Crippen LogP contribution in [0.1, 0.15) is 92.7 Å². The molecule has 0 atom stereocenters. The van der Waals surface area contributed by atoms with Crippen molar-refractivity contribution in [2.24, 2.45) is 0 Å². The van der Waals surface area contributed by atoms with Gasteiger partial charge in [-0.05, 0) is 48.8 Å². The molecule has 2 fully saturated rings. The van der Waals surface area contributed by atoms with Crippen LogP contribution in [0.5, 0.6) is 0 Å². The van der Waals surface area contributed by atoms with Crippen LogP contribution in [0, 0.1) is 0 Å². The van der Waals surface area contributed by atoms with Gasteiger partial charge in [0, 0.05) is 37.5 Å². The first kappa shape index (κ1) is 25.3. The number of nitrogens with zero attached hydrogens (tertiary/aromatic N) is 3. The van der Waals surface area contributed by atoms with E-state index in [1.807, 2.05) is 29.5 Å². The smallest absolute Gasteiger partial charge is 0.273 e. The third kappa shape index (κ3) is 5.39. The molecule has 0 spiro atoms. The molecule has 8 heteroatoms. The number of rotatable bonds is 5. The summed E-state index contributed by atoms with van der Waals surface area (Å²) in [6.07, 6.45) is 7.23. The Morgan fingerprint density at radius 3 is 2.24 bits per heavy atom. The Labute approximate surface area is 208 Å². The summed E-state index contributed by atoms with van der Waals surface area (Å²) in [7, 11) is -1.61. The zero-order valence-electron chi connectivity index (χ0n) is 20.8. The van der Waals surface area contributed by atoms with Gasteiger partial charge < -0.3 is 4.90 Å². The van der Waals surface area contributed by atoms with Crippen molar-refractivity contribution < 1.29 is 13.2 Å². The van der Waals surface area contributed by atoms with Crippen molar-refractivity contribution in [2.45, 2.75) is 88.0 Å². The third-order valence-corrected chi connectivity index (χ3v) is 10.3. The number of hydrogen-bond acceptors (Lipinski definition) is 5. The minimum absolute atomic E-state index is 0.00752. The van der Waals surface area contributed by atoms with Crippen LogP contribution >= 0.6 is 11.3 Å².